The molecule has 0 aliphatic carbocycles. The van der Waals surface area contributed by atoms with E-state index in [2.05, 4.69) is 4.98 Å². The summed E-state index contributed by atoms with van der Waals surface area (Å²) in [7, 11) is 3.00. The Kier molecular flexibility index (Phi) is 9.91. The Balaban J connectivity index is 1.47. The molecule has 4 rings (SSSR count). The molecule has 2 heterocycles. The van der Waals surface area contributed by atoms with Crippen molar-refractivity contribution in [1.29, 1.82) is 0 Å². The summed E-state index contributed by atoms with van der Waals surface area (Å²) in [6.07, 6.45) is 5.28. The van der Waals surface area contributed by atoms with Gasteiger partial charge in [0.05, 0.1) is 26.5 Å². The van der Waals surface area contributed by atoms with Crippen LogP contribution >= 0.6 is 0 Å². The second-order valence-electron chi connectivity index (χ2n) is 9.68. The highest BCUT2D eigenvalue weighted by Gasteiger charge is 2.37. The molecule has 10 nitrogen and oxygen atoms in total. The van der Waals surface area contributed by atoms with Crippen molar-refractivity contribution in [3.63, 3.8) is 0 Å². The number of hydrogen-bond donors (Lipinski definition) is 1. The number of halogens is 2. The van der Waals surface area contributed by atoms with Gasteiger partial charge in [-0.05, 0) is 29.8 Å². The molecule has 1 fully saturated rings. The largest absolute Gasteiger partial charge is 0.493 e. The second kappa shape index (κ2) is 13.6. The van der Waals surface area contributed by atoms with Gasteiger partial charge < -0.3 is 33.5 Å². The zero-order valence-electron chi connectivity index (χ0n) is 22.6. The van der Waals surface area contributed by atoms with E-state index in [1.807, 2.05) is 33.9 Å². The Morgan fingerprint density at radius 3 is 2.62 bits per heavy atom. The Hall–Kier alpha value is -3.74. The average molecular weight is 561 g/mol. The second-order valence-corrected chi connectivity index (χ2v) is 9.68. The molecule has 3 aromatic rings. The van der Waals surface area contributed by atoms with Crippen molar-refractivity contribution in [3.8, 4) is 17.2 Å². The van der Waals surface area contributed by atoms with E-state index >= 15 is 0 Å². The summed E-state index contributed by atoms with van der Waals surface area (Å²) in [5.41, 5.74) is -0.583. The summed E-state index contributed by atoms with van der Waals surface area (Å²) in [6.45, 7) is 2.10. The molecule has 1 aliphatic rings. The molecular weight excluding hydrogens is 526 g/mol. The fourth-order valence-electron chi connectivity index (χ4n) is 4.55. The average Bonchev–Trinajstić information content (AvgIpc) is 3.39. The summed E-state index contributed by atoms with van der Waals surface area (Å²) in [5, 5.41) is 11.6. The van der Waals surface area contributed by atoms with Gasteiger partial charge in [0.2, 0.25) is 5.91 Å². The minimum absolute atomic E-state index is 0.0133. The van der Waals surface area contributed by atoms with E-state index in [1.165, 1.54) is 18.1 Å². The van der Waals surface area contributed by atoms with E-state index in [1.54, 1.807) is 19.6 Å². The van der Waals surface area contributed by atoms with Crippen LogP contribution in [0, 0.1) is 11.6 Å². The van der Waals surface area contributed by atoms with Crippen LogP contribution in [0.3, 0.4) is 0 Å². The minimum atomic E-state index is -1.50. The number of ether oxygens (including phenoxy) is 4. The van der Waals surface area contributed by atoms with E-state index in [4.69, 9.17) is 18.9 Å². The Labute approximate surface area is 231 Å². The van der Waals surface area contributed by atoms with Gasteiger partial charge in [0, 0.05) is 51.7 Å². The van der Waals surface area contributed by atoms with Gasteiger partial charge in [-0.1, -0.05) is 6.07 Å². The van der Waals surface area contributed by atoms with Crippen molar-refractivity contribution >= 4 is 5.91 Å². The monoisotopic (exact) mass is 560 g/mol. The zero-order chi connectivity index (χ0) is 28.5. The molecule has 216 valence electrons. The number of amides is 1. The molecule has 0 bridgehead atoms. The van der Waals surface area contributed by atoms with Gasteiger partial charge in [-0.25, -0.2) is 13.8 Å². The standard InChI is InChI=1S/C28H34F2N4O6/c1-37-16-27(35)34-10-9-33(17-28(36,18-34)19-40-22-4-5-23(29)24(30)14-22)15-21-3-6-25(38-2)26(13-21)39-12-11-32-8-7-31-20-32/h3-8,13-14,20,36H,9-12,15-19H2,1-2H3. The van der Waals surface area contributed by atoms with Gasteiger partial charge in [-0.3, -0.25) is 9.69 Å². The number of carbonyl (C=O) groups excluding carboxylic acids is 1. The fraction of sp³-hybridized carbons (Fsp3) is 0.429. The van der Waals surface area contributed by atoms with Gasteiger partial charge in [-0.15, -0.1) is 0 Å². The quantitative estimate of drug-likeness (QED) is 0.361. The van der Waals surface area contributed by atoms with Crippen molar-refractivity contribution in [1.82, 2.24) is 19.4 Å². The maximum Gasteiger partial charge on any atom is 0.248 e. The van der Waals surface area contributed by atoms with Crippen LogP contribution in [0.2, 0.25) is 0 Å². The Morgan fingerprint density at radius 1 is 1.05 bits per heavy atom. The van der Waals surface area contributed by atoms with Crippen molar-refractivity contribution in [2.45, 2.75) is 18.7 Å². The first-order valence-corrected chi connectivity index (χ1v) is 12.8. The highest BCUT2D eigenvalue weighted by atomic mass is 19.2. The number of aliphatic hydroxyl groups is 1. The van der Waals surface area contributed by atoms with E-state index in [9.17, 15) is 18.7 Å². The lowest BCUT2D eigenvalue weighted by Crippen LogP contribution is -2.52. The third kappa shape index (κ3) is 7.90. The lowest BCUT2D eigenvalue weighted by atomic mass is 10.0. The zero-order valence-corrected chi connectivity index (χ0v) is 22.6. The molecule has 1 unspecified atom stereocenters. The van der Waals surface area contributed by atoms with E-state index in [0.717, 1.165) is 17.7 Å². The molecule has 1 atom stereocenters. The smallest absolute Gasteiger partial charge is 0.248 e. The van der Waals surface area contributed by atoms with Gasteiger partial charge >= 0.3 is 0 Å². The molecule has 1 amide bonds. The molecule has 12 heteroatoms. The predicted octanol–water partition coefficient (Wildman–Crippen LogP) is 2.35. The number of rotatable bonds is 12. The summed E-state index contributed by atoms with van der Waals surface area (Å²) < 4.78 is 51.1. The number of imidazole rings is 1. The Morgan fingerprint density at radius 2 is 1.90 bits per heavy atom. The molecule has 1 aromatic heterocycles. The summed E-state index contributed by atoms with van der Waals surface area (Å²) in [6, 6.07) is 8.80. The molecule has 1 saturated heterocycles. The highest BCUT2D eigenvalue weighted by molar-refractivity contribution is 5.77. The number of hydrogen-bond acceptors (Lipinski definition) is 8. The summed E-state index contributed by atoms with van der Waals surface area (Å²) in [4.78, 5) is 20.2. The molecule has 1 N–H and O–H groups in total. The number of nitrogens with zero attached hydrogens (tertiary/aromatic N) is 4. The van der Waals surface area contributed by atoms with Crippen molar-refractivity contribution < 1.29 is 37.6 Å². The van der Waals surface area contributed by atoms with E-state index < -0.39 is 17.2 Å². The first-order valence-electron chi connectivity index (χ1n) is 12.8. The van der Waals surface area contributed by atoms with E-state index in [-0.39, 0.29) is 38.0 Å². The van der Waals surface area contributed by atoms with E-state index in [0.29, 0.717) is 44.3 Å². The summed E-state index contributed by atoms with van der Waals surface area (Å²) >= 11 is 0. The highest BCUT2D eigenvalue weighted by Crippen LogP contribution is 2.29. The van der Waals surface area contributed by atoms with Crippen LogP contribution in [0.15, 0.2) is 55.1 Å². The predicted molar refractivity (Wildman–Crippen MR) is 141 cm³/mol. The van der Waals surface area contributed by atoms with Crippen molar-refractivity contribution in [2.24, 2.45) is 0 Å². The van der Waals surface area contributed by atoms with Crippen molar-refractivity contribution in [3.05, 3.63) is 72.3 Å². The van der Waals surface area contributed by atoms with Crippen LogP contribution in [-0.4, -0.2) is 96.2 Å². The third-order valence-electron chi connectivity index (χ3n) is 6.51. The molecule has 40 heavy (non-hydrogen) atoms. The first-order chi connectivity index (χ1) is 19.3. The number of carbonyl (C=O) groups is 1. The molecular formula is C28H34F2N4O6. The number of aromatic nitrogens is 2. The van der Waals surface area contributed by atoms with Crippen LogP contribution in [-0.2, 0) is 22.6 Å². The number of methoxy groups -OCH3 is 2. The van der Waals surface area contributed by atoms with Crippen LogP contribution in [0.25, 0.3) is 0 Å². The molecule has 2 aromatic carbocycles. The van der Waals surface area contributed by atoms with Crippen LogP contribution < -0.4 is 14.2 Å². The minimum Gasteiger partial charge on any atom is -0.493 e. The third-order valence-corrected chi connectivity index (χ3v) is 6.51. The van der Waals surface area contributed by atoms with Crippen LogP contribution in [0.1, 0.15) is 5.56 Å². The SMILES string of the molecule is COCC(=O)N1CCN(Cc2ccc(OC)c(OCCn3ccnc3)c2)CC(O)(COc2ccc(F)c(F)c2)C1. The number of β-amino-alcohol motifs (C(OH)–C–C–N with tert-alkyl or cyclic N) is 1. The van der Waals surface area contributed by atoms with Crippen LogP contribution in [0.4, 0.5) is 8.78 Å². The molecule has 0 saturated carbocycles. The van der Waals surface area contributed by atoms with Gasteiger partial charge in [0.25, 0.3) is 0 Å². The summed E-state index contributed by atoms with van der Waals surface area (Å²) in [5.74, 6) is -1.06. The molecule has 0 spiro atoms. The number of benzene rings is 2. The fourth-order valence-corrected chi connectivity index (χ4v) is 4.55. The van der Waals surface area contributed by atoms with Gasteiger partial charge in [-0.2, -0.15) is 0 Å². The molecule has 0 radical (unpaired) electrons. The molecule has 1 aliphatic heterocycles. The maximum absolute atomic E-state index is 13.7. The van der Waals surface area contributed by atoms with Crippen molar-refractivity contribution in [2.75, 3.05) is 60.2 Å². The van der Waals surface area contributed by atoms with Gasteiger partial charge in [0.1, 0.15) is 31.2 Å². The van der Waals surface area contributed by atoms with Crippen LogP contribution in [0.5, 0.6) is 17.2 Å². The van der Waals surface area contributed by atoms with Gasteiger partial charge in [0.15, 0.2) is 23.1 Å². The first kappa shape index (κ1) is 29.2. The maximum atomic E-state index is 13.7. The topological polar surface area (TPSA) is 98.5 Å². The normalized spacial score (nSPS) is 17.9. The lowest BCUT2D eigenvalue weighted by Gasteiger charge is -2.33. The lowest BCUT2D eigenvalue weighted by molar-refractivity contribution is -0.138. The Bertz CT molecular complexity index is 1260.